The maximum atomic E-state index is 13.5. The van der Waals surface area contributed by atoms with Crippen LogP contribution in [0.15, 0.2) is 30.2 Å². The monoisotopic (exact) mass is 326 g/mol. The molecular weight excluding hydrogens is 311 g/mol. The molecule has 0 spiro atoms. The van der Waals surface area contributed by atoms with Crippen molar-refractivity contribution in [2.45, 2.75) is 12.5 Å². The zero-order valence-corrected chi connectivity index (χ0v) is 12.6. The smallest absolute Gasteiger partial charge is 0.289 e. The fraction of sp³-hybridized carbons (Fsp3) is 0.400. The van der Waals surface area contributed by atoms with Crippen molar-refractivity contribution in [3.05, 3.63) is 41.1 Å². The average Bonchev–Trinajstić information content (AvgIpc) is 2.99. The van der Waals surface area contributed by atoms with E-state index in [1.54, 1.807) is 6.07 Å². The molecule has 2 aliphatic rings. The van der Waals surface area contributed by atoms with Crippen LogP contribution in [0.3, 0.4) is 0 Å². The first kappa shape index (κ1) is 15.0. The summed E-state index contributed by atoms with van der Waals surface area (Å²) in [7, 11) is 0. The summed E-state index contributed by atoms with van der Waals surface area (Å²) < 4.78 is 23.8. The molecule has 0 aromatic heterocycles. The van der Waals surface area contributed by atoms with Crippen molar-refractivity contribution in [3.63, 3.8) is 0 Å². The number of ether oxygens (including phenoxy) is 2. The Morgan fingerprint density at radius 1 is 1.41 bits per heavy atom. The van der Waals surface area contributed by atoms with E-state index in [4.69, 9.17) is 21.1 Å². The van der Waals surface area contributed by atoms with Gasteiger partial charge in [0.25, 0.3) is 5.91 Å². The highest BCUT2D eigenvalue weighted by Crippen LogP contribution is 2.25. The molecule has 22 heavy (non-hydrogen) atoms. The second-order valence-electron chi connectivity index (χ2n) is 5.20. The van der Waals surface area contributed by atoms with Crippen LogP contribution in [0, 0.1) is 5.82 Å². The number of carbonyl (C=O) groups is 1. The lowest BCUT2D eigenvalue weighted by Gasteiger charge is -2.20. The number of hydrogen-bond donors (Lipinski definition) is 1. The molecule has 1 aromatic carbocycles. The Morgan fingerprint density at radius 3 is 3.00 bits per heavy atom. The van der Waals surface area contributed by atoms with Gasteiger partial charge in [-0.2, -0.15) is 0 Å². The Hall–Kier alpha value is -1.95. The minimum Gasteiger partial charge on any atom is -0.494 e. The molecular formula is C15H16ClFN2O3. The molecule has 1 amide bonds. The van der Waals surface area contributed by atoms with E-state index in [-0.39, 0.29) is 22.7 Å². The van der Waals surface area contributed by atoms with Crippen molar-refractivity contribution >= 4 is 23.2 Å². The van der Waals surface area contributed by atoms with Crippen LogP contribution in [0.5, 0.6) is 0 Å². The predicted molar refractivity (Wildman–Crippen MR) is 80.2 cm³/mol. The van der Waals surface area contributed by atoms with Gasteiger partial charge in [-0.25, -0.2) is 4.39 Å². The maximum Gasteiger partial charge on any atom is 0.289 e. The molecule has 2 heterocycles. The first-order chi connectivity index (χ1) is 10.6. The number of carbonyl (C=O) groups excluding carboxylic acids is 1. The summed E-state index contributed by atoms with van der Waals surface area (Å²) in [5.41, 5.74) is 0.759. The number of rotatable bonds is 3. The number of anilines is 1. The molecule has 1 N–H and O–H groups in total. The average molecular weight is 327 g/mol. The number of nitrogens with zero attached hydrogens (tertiary/aromatic N) is 1. The van der Waals surface area contributed by atoms with Crippen LogP contribution in [0.2, 0.25) is 5.02 Å². The highest BCUT2D eigenvalue weighted by Gasteiger charge is 2.26. The van der Waals surface area contributed by atoms with Crippen molar-refractivity contribution in [2.24, 2.45) is 0 Å². The zero-order valence-electron chi connectivity index (χ0n) is 11.9. The summed E-state index contributed by atoms with van der Waals surface area (Å²) >= 11 is 5.69. The van der Waals surface area contributed by atoms with Crippen LogP contribution in [-0.2, 0) is 14.3 Å². The Kier molecular flexibility index (Phi) is 4.38. The summed E-state index contributed by atoms with van der Waals surface area (Å²) in [6, 6.07) is 4.71. The molecule has 5 nitrogen and oxygen atoms in total. The largest absolute Gasteiger partial charge is 0.494 e. The molecule has 3 rings (SSSR count). The van der Waals surface area contributed by atoms with Crippen molar-refractivity contribution in [2.75, 3.05) is 31.2 Å². The van der Waals surface area contributed by atoms with Gasteiger partial charge < -0.3 is 19.7 Å². The van der Waals surface area contributed by atoms with Gasteiger partial charge in [-0.05, 0) is 24.6 Å². The number of amides is 1. The van der Waals surface area contributed by atoms with Crippen LogP contribution < -0.4 is 10.2 Å². The lowest BCUT2D eigenvalue weighted by Crippen LogP contribution is -2.39. The SMILES string of the molecule is O=C(N[C@@H]1CCN(c2ccc(Cl)c(F)c2)C1)C1=COCCO1. The Balaban J connectivity index is 1.59. The lowest BCUT2D eigenvalue weighted by molar-refractivity contribution is -0.122. The first-order valence-electron chi connectivity index (χ1n) is 7.09. The summed E-state index contributed by atoms with van der Waals surface area (Å²) in [6.07, 6.45) is 2.12. The summed E-state index contributed by atoms with van der Waals surface area (Å²) in [5, 5.41) is 3.01. The number of benzene rings is 1. The minimum atomic E-state index is -0.440. The second-order valence-corrected chi connectivity index (χ2v) is 5.61. The fourth-order valence-corrected chi connectivity index (χ4v) is 2.66. The Labute approximate surface area is 132 Å². The van der Waals surface area contributed by atoms with Crippen LogP contribution in [-0.4, -0.2) is 38.3 Å². The van der Waals surface area contributed by atoms with Gasteiger partial charge in [0, 0.05) is 24.8 Å². The van der Waals surface area contributed by atoms with Crippen molar-refractivity contribution in [1.82, 2.24) is 5.32 Å². The van der Waals surface area contributed by atoms with E-state index in [0.29, 0.717) is 19.8 Å². The van der Waals surface area contributed by atoms with E-state index in [1.807, 2.05) is 4.90 Å². The molecule has 7 heteroatoms. The quantitative estimate of drug-likeness (QED) is 0.924. The summed E-state index contributed by atoms with van der Waals surface area (Å²) in [6.45, 7) is 2.18. The van der Waals surface area contributed by atoms with Gasteiger partial charge in [0.2, 0.25) is 5.76 Å². The van der Waals surface area contributed by atoms with Gasteiger partial charge in [0.15, 0.2) is 0 Å². The zero-order chi connectivity index (χ0) is 15.5. The molecule has 0 radical (unpaired) electrons. The third-order valence-corrected chi connectivity index (χ3v) is 3.97. The van der Waals surface area contributed by atoms with E-state index in [1.165, 1.54) is 18.4 Å². The van der Waals surface area contributed by atoms with Crippen LogP contribution in [0.1, 0.15) is 6.42 Å². The maximum absolute atomic E-state index is 13.5. The van der Waals surface area contributed by atoms with Crippen LogP contribution in [0.25, 0.3) is 0 Å². The normalized spacial score (nSPS) is 20.9. The molecule has 1 atom stereocenters. The Morgan fingerprint density at radius 2 is 2.27 bits per heavy atom. The van der Waals surface area contributed by atoms with Gasteiger partial charge in [0.05, 0.1) is 5.02 Å². The molecule has 1 fully saturated rings. The number of hydrogen-bond acceptors (Lipinski definition) is 4. The lowest BCUT2D eigenvalue weighted by atomic mass is 10.2. The summed E-state index contributed by atoms with van der Waals surface area (Å²) in [4.78, 5) is 14.0. The van der Waals surface area contributed by atoms with Gasteiger partial charge in [-0.3, -0.25) is 4.79 Å². The van der Waals surface area contributed by atoms with E-state index in [9.17, 15) is 9.18 Å². The third kappa shape index (κ3) is 3.27. The predicted octanol–water partition coefficient (Wildman–Crippen LogP) is 2.06. The van der Waals surface area contributed by atoms with Gasteiger partial charge in [0.1, 0.15) is 25.3 Å². The molecule has 0 bridgehead atoms. The molecule has 0 aliphatic carbocycles. The molecule has 118 valence electrons. The number of halogens is 2. The van der Waals surface area contributed by atoms with Gasteiger partial charge in [-0.15, -0.1) is 0 Å². The Bertz CT molecular complexity index is 608. The topological polar surface area (TPSA) is 50.8 Å². The van der Waals surface area contributed by atoms with Crippen molar-refractivity contribution < 1.29 is 18.7 Å². The van der Waals surface area contributed by atoms with Gasteiger partial charge in [-0.1, -0.05) is 11.6 Å². The van der Waals surface area contributed by atoms with Crippen LogP contribution in [0.4, 0.5) is 10.1 Å². The van der Waals surface area contributed by atoms with Crippen LogP contribution >= 0.6 is 11.6 Å². The first-order valence-corrected chi connectivity index (χ1v) is 7.47. The molecule has 2 aliphatic heterocycles. The standard InChI is InChI=1S/C15H16ClFN2O3/c16-12-2-1-11(7-13(12)17)19-4-3-10(8-19)18-15(20)14-9-21-5-6-22-14/h1-2,7,9-10H,3-6,8H2,(H,18,20)/t10-/m1/s1. The van der Waals surface area contributed by atoms with E-state index >= 15 is 0 Å². The van der Waals surface area contributed by atoms with Gasteiger partial charge >= 0.3 is 0 Å². The molecule has 0 unspecified atom stereocenters. The third-order valence-electron chi connectivity index (χ3n) is 3.66. The highest BCUT2D eigenvalue weighted by molar-refractivity contribution is 6.30. The fourth-order valence-electron chi connectivity index (χ4n) is 2.54. The number of nitrogens with one attached hydrogen (secondary N) is 1. The molecule has 1 saturated heterocycles. The van der Waals surface area contributed by atoms with E-state index in [2.05, 4.69) is 5.32 Å². The molecule has 1 aromatic rings. The minimum absolute atomic E-state index is 0.0161. The van der Waals surface area contributed by atoms with E-state index in [0.717, 1.165) is 18.7 Å². The van der Waals surface area contributed by atoms with Crippen molar-refractivity contribution in [3.8, 4) is 0 Å². The summed E-state index contributed by atoms with van der Waals surface area (Å²) in [5.74, 6) is -0.527. The highest BCUT2D eigenvalue weighted by atomic mass is 35.5. The van der Waals surface area contributed by atoms with E-state index < -0.39 is 5.82 Å². The second kappa shape index (κ2) is 6.44. The van der Waals surface area contributed by atoms with Crippen molar-refractivity contribution in [1.29, 1.82) is 0 Å². The molecule has 0 saturated carbocycles.